The Balaban J connectivity index is 2.32. The molecule has 1 fully saturated rings. The Kier molecular flexibility index (Phi) is 2.28. The van der Waals surface area contributed by atoms with E-state index in [4.69, 9.17) is 15.8 Å². The van der Waals surface area contributed by atoms with Crippen molar-refractivity contribution in [2.75, 3.05) is 11.6 Å². The fourth-order valence-electron chi connectivity index (χ4n) is 0.579. The Morgan fingerprint density at radius 2 is 2.62 bits per heavy atom. The molecule has 4 heteroatoms. The predicted molar refractivity (Wildman–Crippen MR) is 33.2 cm³/mol. The van der Waals surface area contributed by atoms with Gasteiger partial charge in [-0.2, -0.15) is 0 Å². The van der Waals surface area contributed by atoms with Gasteiger partial charge in [-0.1, -0.05) is 0 Å². The first-order valence-electron chi connectivity index (χ1n) is 2.44. The molecule has 0 saturated carbocycles. The van der Waals surface area contributed by atoms with Gasteiger partial charge >= 0.3 is 0 Å². The molecule has 2 unspecified atom stereocenters. The molecule has 2 atom stereocenters. The SMILES string of the molecule is O=S1CCC(CCl)O1. The summed E-state index contributed by atoms with van der Waals surface area (Å²) in [5.41, 5.74) is 0. The van der Waals surface area contributed by atoms with Crippen molar-refractivity contribution in [3.63, 3.8) is 0 Å². The van der Waals surface area contributed by atoms with Gasteiger partial charge in [0.2, 0.25) is 0 Å². The van der Waals surface area contributed by atoms with Crippen molar-refractivity contribution in [3.8, 4) is 0 Å². The average molecular weight is 155 g/mol. The minimum atomic E-state index is -1.04. The number of rotatable bonds is 1. The maximum absolute atomic E-state index is 10.4. The van der Waals surface area contributed by atoms with Gasteiger partial charge in [-0.3, -0.25) is 4.18 Å². The van der Waals surface area contributed by atoms with Crippen LogP contribution in [0.1, 0.15) is 6.42 Å². The first kappa shape index (κ1) is 6.52. The van der Waals surface area contributed by atoms with Crippen LogP contribution < -0.4 is 0 Å². The lowest BCUT2D eigenvalue weighted by Gasteiger charge is -1.97. The van der Waals surface area contributed by atoms with E-state index in [-0.39, 0.29) is 6.10 Å². The molecule has 1 saturated heterocycles. The van der Waals surface area contributed by atoms with Crippen molar-refractivity contribution in [1.29, 1.82) is 0 Å². The van der Waals surface area contributed by atoms with Crippen LogP contribution in [-0.4, -0.2) is 21.9 Å². The second-order valence-corrected chi connectivity index (χ2v) is 3.19. The van der Waals surface area contributed by atoms with E-state index in [1.807, 2.05) is 0 Å². The van der Waals surface area contributed by atoms with Crippen molar-refractivity contribution in [3.05, 3.63) is 0 Å². The second-order valence-electron chi connectivity index (χ2n) is 1.67. The zero-order valence-electron chi connectivity index (χ0n) is 4.30. The molecule has 0 aromatic heterocycles. The largest absolute Gasteiger partial charge is 0.286 e. The Morgan fingerprint density at radius 1 is 1.88 bits per heavy atom. The molecule has 0 aromatic rings. The van der Waals surface area contributed by atoms with E-state index >= 15 is 0 Å². The van der Waals surface area contributed by atoms with Crippen LogP contribution in [-0.2, 0) is 15.3 Å². The minimum absolute atomic E-state index is 0.0394. The third-order valence-corrected chi connectivity index (χ3v) is 2.42. The summed E-state index contributed by atoms with van der Waals surface area (Å²) in [5, 5.41) is 0. The van der Waals surface area contributed by atoms with Crippen LogP contribution in [0.5, 0.6) is 0 Å². The minimum Gasteiger partial charge on any atom is -0.286 e. The highest BCUT2D eigenvalue weighted by molar-refractivity contribution is 7.80. The van der Waals surface area contributed by atoms with Gasteiger partial charge in [0.1, 0.15) is 0 Å². The quantitative estimate of drug-likeness (QED) is 0.520. The van der Waals surface area contributed by atoms with E-state index < -0.39 is 11.1 Å². The van der Waals surface area contributed by atoms with Crippen LogP contribution in [0.2, 0.25) is 0 Å². The van der Waals surface area contributed by atoms with Crippen molar-refractivity contribution in [1.82, 2.24) is 0 Å². The van der Waals surface area contributed by atoms with Crippen LogP contribution in [0.4, 0.5) is 0 Å². The van der Waals surface area contributed by atoms with E-state index in [1.54, 1.807) is 0 Å². The van der Waals surface area contributed by atoms with Gasteiger partial charge in [0.15, 0.2) is 11.1 Å². The summed E-state index contributed by atoms with van der Waals surface area (Å²) >= 11 is 4.38. The third kappa shape index (κ3) is 1.44. The lowest BCUT2D eigenvalue weighted by Crippen LogP contribution is -2.05. The molecule has 0 radical (unpaired) electrons. The Bertz CT molecular complexity index is 106. The lowest BCUT2D eigenvalue weighted by molar-refractivity contribution is 0.277. The summed E-state index contributed by atoms with van der Waals surface area (Å²) in [6.07, 6.45) is 0.883. The summed E-state index contributed by atoms with van der Waals surface area (Å²) in [5.74, 6) is 1.11. The zero-order valence-corrected chi connectivity index (χ0v) is 5.87. The number of hydrogen-bond acceptors (Lipinski definition) is 2. The molecule has 1 aliphatic heterocycles. The summed E-state index contributed by atoms with van der Waals surface area (Å²) in [6, 6.07) is 0. The van der Waals surface area contributed by atoms with Gasteiger partial charge in [-0.25, -0.2) is 4.21 Å². The molecule has 8 heavy (non-hydrogen) atoms. The maximum Gasteiger partial charge on any atom is 0.155 e. The Labute approximate surface area is 55.8 Å². The molecule has 0 N–H and O–H groups in total. The molecule has 1 aliphatic rings. The van der Waals surface area contributed by atoms with Crippen molar-refractivity contribution >= 4 is 22.7 Å². The van der Waals surface area contributed by atoms with Gasteiger partial charge in [0.05, 0.1) is 17.7 Å². The van der Waals surface area contributed by atoms with E-state index in [0.29, 0.717) is 11.6 Å². The van der Waals surface area contributed by atoms with Gasteiger partial charge < -0.3 is 0 Å². The summed E-state index contributed by atoms with van der Waals surface area (Å²) < 4.78 is 15.3. The van der Waals surface area contributed by atoms with Crippen LogP contribution in [0.15, 0.2) is 0 Å². The molecular formula is C4H7ClO2S. The van der Waals surface area contributed by atoms with Crippen molar-refractivity contribution < 1.29 is 8.39 Å². The van der Waals surface area contributed by atoms with Crippen molar-refractivity contribution in [2.24, 2.45) is 0 Å². The average Bonchev–Trinajstić information content (AvgIpc) is 2.14. The fourth-order valence-corrected chi connectivity index (χ4v) is 1.89. The van der Waals surface area contributed by atoms with Crippen LogP contribution in [0.25, 0.3) is 0 Å². The van der Waals surface area contributed by atoms with E-state index in [2.05, 4.69) is 0 Å². The smallest absolute Gasteiger partial charge is 0.155 e. The van der Waals surface area contributed by atoms with Gasteiger partial charge in [-0.15, -0.1) is 11.6 Å². The van der Waals surface area contributed by atoms with E-state index in [0.717, 1.165) is 6.42 Å². The maximum atomic E-state index is 10.4. The molecule has 0 spiro atoms. The lowest BCUT2D eigenvalue weighted by atomic mass is 10.3. The highest BCUT2D eigenvalue weighted by atomic mass is 35.5. The highest BCUT2D eigenvalue weighted by Crippen LogP contribution is 2.12. The summed E-state index contributed by atoms with van der Waals surface area (Å²) in [6.45, 7) is 0. The topological polar surface area (TPSA) is 26.3 Å². The van der Waals surface area contributed by atoms with E-state index in [9.17, 15) is 4.21 Å². The summed E-state index contributed by atoms with van der Waals surface area (Å²) in [7, 11) is 0. The number of halogens is 1. The Morgan fingerprint density at radius 3 is 2.88 bits per heavy atom. The molecule has 0 bridgehead atoms. The summed E-state index contributed by atoms with van der Waals surface area (Å²) in [4.78, 5) is 0. The number of hydrogen-bond donors (Lipinski definition) is 0. The monoisotopic (exact) mass is 154 g/mol. The van der Waals surface area contributed by atoms with Gasteiger partial charge in [0, 0.05) is 0 Å². The van der Waals surface area contributed by atoms with Crippen molar-refractivity contribution in [2.45, 2.75) is 12.5 Å². The fraction of sp³-hybridized carbons (Fsp3) is 1.00. The second kappa shape index (κ2) is 2.80. The van der Waals surface area contributed by atoms with Crippen LogP contribution >= 0.6 is 11.6 Å². The molecule has 48 valence electrons. The normalized spacial score (nSPS) is 38.1. The Hall–Kier alpha value is 0.400. The standard InChI is InChI=1S/C4H7ClO2S/c5-3-4-1-2-8(6)7-4/h4H,1-3H2. The predicted octanol–water partition coefficient (Wildman–Crippen LogP) is 0.678. The van der Waals surface area contributed by atoms with Crippen LogP contribution in [0, 0.1) is 0 Å². The third-order valence-electron chi connectivity index (χ3n) is 1.02. The molecule has 2 nitrogen and oxygen atoms in total. The first-order valence-corrected chi connectivity index (χ1v) is 4.22. The highest BCUT2D eigenvalue weighted by Gasteiger charge is 2.20. The molecular weight excluding hydrogens is 148 g/mol. The molecule has 0 aliphatic carbocycles. The van der Waals surface area contributed by atoms with Crippen LogP contribution in [0.3, 0.4) is 0 Å². The zero-order chi connectivity index (χ0) is 5.98. The van der Waals surface area contributed by atoms with E-state index in [1.165, 1.54) is 0 Å². The molecule has 1 heterocycles. The molecule has 0 aromatic carbocycles. The molecule has 1 rings (SSSR count). The van der Waals surface area contributed by atoms with Gasteiger partial charge in [-0.05, 0) is 6.42 Å². The van der Waals surface area contributed by atoms with Gasteiger partial charge in [0.25, 0.3) is 0 Å². The molecule has 0 amide bonds. The number of alkyl halides is 1. The first-order chi connectivity index (χ1) is 3.83.